The molecule has 1 aliphatic rings. The van der Waals surface area contributed by atoms with E-state index in [1.165, 1.54) is 25.7 Å². The molecule has 1 fully saturated rings. The van der Waals surface area contributed by atoms with E-state index in [1.54, 1.807) is 0 Å². The molecule has 19 heavy (non-hydrogen) atoms. The van der Waals surface area contributed by atoms with Gasteiger partial charge in [-0.25, -0.2) is 0 Å². The number of hydrogen-bond donors (Lipinski definition) is 1. The van der Waals surface area contributed by atoms with Crippen molar-refractivity contribution in [2.75, 3.05) is 7.05 Å². The standard InChI is InChI=1S/C14H25N3O.ClH/c1-10-4-6-12(7-5-10)9-14-16-13(17-18-14)8-11(2)15-3;/h10-12,15H,4-9H2,1-3H3;1H. The van der Waals surface area contributed by atoms with Gasteiger partial charge in [-0.3, -0.25) is 0 Å². The Labute approximate surface area is 122 Å². The van der Waals surface area contributed by atoms with Gasteiger partial charge in [-0.15, -0.1) is 12.4 Å². The first-order valence-corrected chi connectivity index (χ1v) is 7.16. The van der Waals surface area contributed by atoms with E-state index < -0.39 is 0 Å². The lowest BCUT2D eigenvalue weighted by atomic mass is 9.81. The van der Waals surface area contributed by atoms with Gasteiger partial charge >= 0.3 is 0 Å². The molecule has 0 aliphatic heterocycles. The average Bonchev–Trinajstić information content (AvgIpc) is 2.79. The molecule has 1 N–H and O–H groups in total. The predicted octanol–water partition coefficient (Wildman–Crippen LogP) is 3.01. The van der Waals surface area contributed by atoms with E-state index in [0.29, 0.717) is 6.04 Å². The molecule has 0 spiro atoms. The van der Waals surface area contributed by atoms with Crippen LogP contribution >= 0.6 is 12.4 Å². The van der Waals surface area contributed by atoms with Crippen molar-refractivity contribution in [3.8, 4) is 0 Å². The normalized spacial score (nSPS) is 24.8. The summed E-state index contributed by atoms with van der Waals surface area (Å²) in [6.07, 6.45) is 7.12. The third-order valence-corrected chi connectivity index (χ3v) is 4.09. The van der Waals surface area contributed by atoms with E-state index in [0.717, 1.165) is 36.4 Å². The largest absolute Gasteiger partial charge is 0.339 e. The van der Waals surface area contributed by atoms with E-state index >= 15 is 0 Å². The summed E-state index contributed by atoms with van der Waals surface area (Å²) in [5, 5.41) is 7.25. The molecule has 5 heteroatoms. The zero-order valence-corrected chi connectivity index (χ0v) is 13.0. The summed E-state index contributed by atoms with van der Waals surface area (Å²) in [4.78, 5) is 4.49. The molecule has 1 aromatic rings. The quantitative estimate of drug-likeness (QED) is 0.904. The molecule has 1 aromatic heterocycles. The molecule has 0 aromatic carbocycles. The van der Waals surface area contributed by atoms with Gasteiger partial charge in [0.25, 0.3) is 0 Å². The summed E-state index contributed by atoms with van der Waals surface area (Å²) in [5.41, 5.74) is 0. The van der Waals surface area contributed by atoms with Crippen molar-refractivity contribution in [3.05, 3.63) is 11.7 Å². The van der Waals surface area contributed by atoms with Gasteiger partial charge in [-0.1, -0.05) is 24.9 Å². The molecule has 1 heterocycles. The third kappa shape index (κ3) is 5.11. The van der Waals surface area contributed by atoms with Crippen LogP contribution in [-0.4, -0.2) is 23.2 Å². The molecular formula is C14H26ClN3O. The Bertz CT molecular complexity index is 361. The number of likely N-dealkylation sites (N-methyl/N-ethyl adjacent to an activating group) is 1. The monoisotopic (exact) mass is 287 g/mol. The van der Waals surface area contributed by atoms with Crippen molar-refractivity contribution in [1.82, 2.24) is 15.5 Å². The van der Waals surface area contributed by atoms with Gasteiger partial charge in [0.05, 0.1) is 0 Å². The summed E-state index contributed by atoms with van der Waals surface area (Å²) in [7, 11) is 1.95. The molecule has 1 unspecified atom stereocenters. The van der Waals surface area contributed by atoms with Crippen molar-refractivity contribution in [2.24, 2.45) is 11.8 Å². The fourth-order valence-corrected chi connectivity index (χ4v) is 2.61. The van der Waals surface area contributed by atoms with Gasteiger partial charge in [0.1, 0.15) is 0 Å². The molecule has 0 bridgehead atoms. The Morgan fingerprint density at radius 3 is 2.63 bits per heavy atom. The molecule has 1 aliphatic carbocycles. The number of nitrogens with zero attached hydrogens (tertiary/aromatic N) is 2. The molecule has 1 saturated carbocycles. The van der Waals surface area contributed by atoms with Crippen LogP contribution < -0.4 is 5.32 Å². The van der Waals surface area contributed by atoms with Crippen molar-refractivity contribution in [3.63, 3.8) is 0 Å². The Hall–Kier alpha value is -0.610. The molecule has 4 nitrogen and oxygen atoms in total. The number of hydrogen-bond acceptors (Lipinski definition) is 4. The van der Waals surface area contributed by atoms with Crippen LogP contribution in [0.1, 0.15) is 51.2 Å². The van der Waals surface area contributed by atoms with E-state index in [9.17, 15) is 0 Å². The van der Waals surface area contributed by atoms with Crippen LogP contribution in [-0.2, 0) is 12.8 Å². The minimum absolute atomic E-state index is 0. The van der Waals surface area contributed by atoms with Gasteiger partial charge in [0, 0.05) is 18.9 Å². The maximum Gasteiger partial charge on any atom is 0.226 e. The first-order valence-electron chi connectivity index (χ1n) is 7.16. The second-order valence-electron chi connectivity index (χ2n) is 5.83. The number of halogens is 1. The first kappa shape index (κ1) is 16.4. The summed E-state index contributed by atoms with van der Waals surface area (Å²) < 4.78 is 5.35. The number of rotatable bonds is 5. The molecule has 110 valence electrons. The van der Waals surface area contributed by atoms with Crippen LogP contribution in [0.5, 0.6) is 0 Å². The Morgan fingerprint density at radius 2 is 2.00 bits per heavy atom. The Balaban J connectivity index is 0.00000180. The molecule has 0 radical (unpaired) electrons. The number of nitrogens with one attached hydrogen (secondary N) is 1. The Morgan fingerprint density at radius 1 is 1.32 bits per heavy atom. The van der Waals surface area contributed by atoms with Crippen molar-refractivity contribution < 1.29 is 4.52 Å². The van der Waals surface area contributed by atoms with Gasteiger partial charge in [0.15, 0.2) is 5.82 Å². The van der Waals surface area contributed by atoms with Crippen molar-refractivity contribution >= 4 is 12.4 Å². The molecule has 0 saturated heterocycles. The first-order chi connectivity index (χ1) is 8.67. The Kier molecular flexibility index (Phi) is 6.80. The molecular weight excluding hydrogens is 262 g/mol. The second kappa shape index (κ2) is 7.85. The van der Waals surface area contributed by atoms with Crippen molar-refractivity contribution in [2.45, 2.75) is 58.4 Å². The van der Waals surface area contributed by atoms with E-state index in [4.69, 9.17) is 4.52 Å². The highest BCUT2D eigenvalue weighted by Gasteiger charge is 2.21. The molecule has 1 atom stereocenters. The van der Waals surface area contributed by atoms with Crippen LogP contribution in [0.3, 0.4) is 0 Å². The highest BCUT2D eigenvalue weighted by Crippen LogP contribution is 2.30. The van der Waals surface area contributed by atoms with E-state index in [-0.39, 0.29) is 12.4 Å². The van der Waals surface area contributed by atoms with Gasteiger partial charge in [-0.05, 0) is 38.6 Å². The SMILES string of the molecule is CNC(C)Cc1noc(CC2CCC(C)CC2)n1.Cl. The minimum atomic E-state index is 0. The highest BCUT2D eigenvalue weighted by atomic mass is 35.5. The second-order valence-corrected chi connectivity index (χ2v) is 5.83. The lowest BCUT2D eigenvalue weighted by Crippen LogP contribution is -2.24. The number of aromatic nitrogens is 2. The maximum absolute atomic E-state index is 5.35. The van der Waals surface area contributed by atoms with E-state index in [2.05, 4.69) is 29.3 Å². The zero-order valence-electron chi connectivity index (χ0n) is 12.2. The third-order valence-electron chi connectivity index (χ3n) is 4.09. The summed E-state index contributed by atoms with van der Waals surface area (Å²) in [6, 6.07) is 0.394. The lowest BCUT2D eigenvalue weighted by molar-refractivity contribution is 0.264. The summed E-state index contributed by atoms with van der Waals surface area (Å²) >= 11 is 0. The lowest BCUT2D eigenvalue weighted by Gasteiger charge is -2.24. The van der Waals surface area contributed by atoms with Gasteiger partial charge < -0.3 is 9.84 Å². The molecule has 0 amide bonds. The minimum Gasteiger partial charge on any atom is -0.339 e. The predicted molar refractivity (Wildman–Crippen MR) is 78.6 cm³/mol. The maximum atomic E-state index is 5.35. The smallest absolute Gasteiger partial charge is 0.226 e. The molecule has 2 rings (SSSR count). The topological polar surface area (TPSA) is 51.0 Å². The van der Waals surface area contributed by atoms with Crippen LogP contribution in [0.25, 0.3) is 0 Å². The van der Waals surface area contributed by atoms with Gasteiger partial charge in [-0.2, -0.15) is 4.98 Å². The zero-order chi connectivity index (χ0) is 13.0. The van der Waals surface area contributed by atoms with Crippen LogP contribution in [0.15, 0.2) is 4.52 Å². The fraction of sp³-hybridized carbons (Fsp3) is 0.857. The van der Waals surface area contributed by atoms with Crippen LogP contribution in [0.2, 0.25) is 0 Å². The summed E-state index contributed by atoms with van der Waals surface area (Å²) in [5.74, 6) is 3.30. The fourth-order valence-electron chi connectivity index (χ4n) is 2.61. The van der Waals surface area contributed by atoms with Crippen LogP contribution in [0.4, 0.5) is 0 Å². The van der Waals surface area contributed by atoms with E-state index in [1.807, 2.05) is 7.05 Å². The highest BCUT2D eigenvalue weighted by molar-refractivity contribution is 5.85. The van der Waals surface area contributed by atoms with Crippen LogP contribution in [0, 0.1) is 11.8 Å². The van der Waals surface area contributed by atoms with Gasteiger partial charge in [0.2, 0.25) is 5.89 Å². The average molecular weight is 288 g/mol. The summed E-state index contributed by atoms with van der Waals surface area (Å²) in [6.45, 7) is 4.47. The van der Waals surface area contributed by atoms with Crippen molar-refractivity contribution in [1.29, 1.82) is 0 Å².